The van der Waals surface area contributed by atoms with E-state index in [9.17, 15) is 4.79 Å². The Kier molecular flexibility index (Phi) is 5.84. The Labute approximate surface area is 107 Å². The third kappa shape index (κ3) is 4.65. The molecule has 0 N–H and O–H groups in total. The maximum absolute atomic E-state index is 11.1. The van der Waals surface area contributed by atoms with Crippen molar-refractivity contribution < 1.29 is 9.53 Å². The van der Waals surface area contributed by atoms with Crippen LogP contribution in [-0.4, -0.2) is 18.8 Å². The molecule has 0 spiro atoms. The number of aryl methyl sites for hydroxylation is 1. The van der Waals surface area contributed by atoms with Crippen molar-refractivity contribution in [3.63, 3.8) is 0 Å². The zero-order chi connectivity index (χ0) is 12.7. The van der Waals surface area contributed by atoms with E-state index in [4.69, 9.17) is 0 Å². The number of carbonyl (C=O) groups excluding carboxylic acids is 1. The van der Waals surface area contributed by atoms with Gasteiger partial charge in [-0.3, -0.25) is 0 Å². The number of esters is 1. The lowest BCUT2D eigenvalue weighted by atomic mass is 10.1. The largest absolute Gasteiger partial charge is 0.466 e. The van der Waals surface area contributed by atoms with Crippen LogP contribution in [0.15, 0.2) is 35.9 Å². The van der Waals surface area contributed by atoms with Crippen molar-refractivity contribution in [1.29, 1.82) is 0 Å². The fourth-order valence-electron chi connectivity index (χ4n) is 1.37. The number of ether oxygens (including phenoxy) is 1. The normalized spacial score (nSPS) is 11.4. The van der Waals surface area contributed by atoms with Gasteiger partial charge >= 0.3 is 5.97 Å². The van der Waals surface area contributed by atoms with Gasteiger partial charge in [0.15, 0.2) is 0 Å². The molecule has 0 aromatic heterocycles. The second-order valence-corrected chi connectivity index (χ2v) is 4.85. The molecule has 1 aromatic rings. The van der Waals surface area contributed by atoms with E-state index in [-0.39, 0.29) is 5.97 Å². The number of hydrogen-bond acceptors (Lipinski definition) is 3. The summed E-state index contributed by atoms with van der Waals surface area (Å²) >= 11 is 1.79. The summed E-state index contributed by atoms with van der Waals surface area (Å²) in [6, 6.07) is 8.36. The van der Waals surface area contributed by atoms with E-state index in [0.717, 1.165) is 11.5 Å². The Morgan fingerprint density at radius 3 is 2.76 bits per heavy atom. The van der Waals surface area contributed by atoms with E-state index < -0.39 is 0 Å². The highest BCUT2D eigenvalue weighted by atomic mass is 32.2. The second kappa shape index (κ2) is 7.17. The van der Waals surface area contributed by atoms with Crippen LogP contribution in [0.5, 0.6) is 0 Å². The van der Waals surface area contributed by atoms with E-state index in [1.807, 2.05) is 12.1 Å². The molecule has 0 saturated carbocycles. The van der Waals surface area contributed by atoms with E-state index >= 15 is 0 Å². The number of thioether (sulfide) groups is 1. The molecule has 1 rings (SSSR count). The van der Waals surface area contributed by atoms with Gasteiger partial charge in [-0.25, -0.2) is 4.79 Å². The molecule has 1 aromatic carbocycles. The summed E-state index contributed by atoms with van der Waals surface area (Å²) in [6.07, 6.45) is 1.91. The van der Waals surface area contributed by atoms with Crippen LogP contribution in [0.2, 0.25) is 0 Å². The summed E-state index contributed by atoms with van der Waals surface area (Å²) in [5.74, 6) is 1.55. The Hall–Kier alpha value is -1.22. The van der Waals surface area contributed by atoms with Gasteiger partial charge in [-0.15, -0.1) is 0 Å². The summed E-state index contributed by atoms with van der Waals surface area (Å²) in [7, 11) is 1.40. The zero-order valence-corrected chi connectivity index (χ0v) is 11.3. The maximum atomic E-state index is 11.1. The number of benzene rings is 1. The maximum Gasteiger partial charge on any atom is 0.333 e. The first kappa shape index (κ1) is 13.8. The van der Waals surface area contributed by atoms with Gasteiger partial charge in [0, 0.05) is 17.1 Å². The lowest BCUT2D eigenvalue weighted by Gasteiger charge is -2.04. The number of rotatable bonds is 5. The van der Waals surface area contributed by atoms with Crippen molar-refractivity contribution in [2.45, 2.75) is 19.6 Å². The van der Waals surface area contributed by atoms with Gasteiger partial charge in [0.2, 0.25) is 0 Å². The SMILES string of the molecule is COC(=O)C(C)=CCSCc1ccccc1C. The molecule has 0 radical (unpaired) electrons. The van der Waals surface area contributed by atoms with Gasteiger partial charge < -0.3 is 4.74 Å². The summed E-state index contributed by atoms with van der Waals surface area (Å²) < 4.78 is 4.63. The molecule has 0 amide bonds. The van der Waals surface area contributed by atoms with Gasteiger partial charge in [-0.2, -0.15) is 11.8 Å². The molecule has 0 aliphatic heterocycles. The summed E-state index contributed by atoms with van der Waals surface area (Å²) in [4.78, 5) is 11.1. The van der Waals surface area contributed by atoms with Gasteiger partial charge in [-0.05, 0) is 25.0 Å². The van der Waals surface area contributed by atoms with Gasteiger partial charge in [-0.1, -0.05) is 30.3 Å². The summed E-state index contributed by atoms with van der Waals surface area (Å²) in [5, 5.41) is 0. The molecule has 0 bridgehead atoms. The fraction of sp³-hybridized carbons (Fsp3) is 0.357. The standard InChI is InChI=1S/C14H18O2S/c1-11-6-4-5-7-13(11)10-17-9-8-12(2)14(15)16-3/h4-8H,9-10H2,1-3H3. The van der Waals surface area contributed by atoms with Crippen molar-refractivity contribution in [2.24, 2.45) is 0 Å². The van der Waals surface area contributed by atoms with Crippen LogP contribution in [0.3, 0.4) is 0 Å². The van der Waals surface area contributed by atoms with Crippen LogP contribution in [0.25, 0.3) is 0 Å². The van der Waals surface area contributed by atoms with E-state index in [0.29, 0.717) is 5.57 Å². The number of hydrogen-bond donors (Lipinski definition) is 0. The Balaban J connectivity index is 2.39. The molecule has 0 saturated heterocycles. The van der Waals surface area contributed by atoms with Crippen molar-refractivity contribution >= 4 is 17.7 Å². The average molecular weight is 250 g/mol. The van der Waals surface area contributed by atoms with Crippen molar-refractivity contribution in [3.8, 4) is 0 Å². The Morgan fingerprint density at radius 2 is 2.12 bits per heavy atom. The van der Waals surface area contributed by atoms with Gasteiger partial charge in [0.25, 0.3) is 0 Å². The Morgan fingerprint density at radius 1 is 1.41 bits per heavy atom. The lowest BCUT2D eigenvalue weighted by Crippen LogP contribution is -2.01. The van der Waals surface area contributed by atoms with E-state index in [1.54, 1.807) is 18.7 Å². The minimum Gasteiger partial charge on any atom is -0.466 e. The third-order valence-electron chi connectivity index (χ3n) is 2.53. The molecule has 2 nitrogen and oxygen atoms in total. The molecule has 0 aliphatic carbocycles. The molecule has 0 aliphatic rings. The van der Waals surface area contributed by atoms with Crippen LogP contribution in [0.4, 0.5) is 0 Å². The fourth-order valence-corrected chi connectivity index (χ4v) is 2.40. The molecule has 0 atom stereocenters. The molecule has 17 heavy (non-hydrogen) atoms. The number of methoxy groups -OCH3 is 1. The molecule has 0 heterocycles. The summed E-state index contributed by atoms with van der Waals surface area (Å²) in [6.45, 7) is 3.89. The van der Waals surface area contributed by atoms with Crippen LogP contribution < -0.4 is 0 Å². The highest BCUT2D eigenvalue weighted by Gasteiger charge is 2.02. The Bertz CT molecular complexity index is 410. The van der Waals surface area contributed by atoms with Crippen LogP contribution in [0, 0.1) is 6.92 Å². The van der Waals surface area contributed by atoms with Gasteiger partial charge in [0.1, 0.15) is 0 Å². The predicted molar refractivity (Wildman–Crippen MR) is 73.1 cm³/mol. The molecular formula is C14H18O2S. The van der Waals surface area contributed by atoms with Crippen molar-refractivity contribution in [1.82, 2.24) is 0 Å². The summed E-state index contributed by atoms with van der Waals surface area (Å²) in [5.41, 5.74) is 3.33. The molecular weight excluding hydrogens is 232 g/mol. The lowest BCUT2D eigenvalue weighted by molar-refractivity contribution is -0.136. The quantitative estimate of drug-likeness (QED) is 0.455. The van der Waals surface area contributed by atoms with Gasteiger partial charge in [0.05, 0.1) is 7.11 Å². The molecule has 92 valence electrons. The first-order chi connectivity index (χ1) is 8.15. The van der Waals surface area contributed by atoms with E-state index in [2.05, 4.69) is 29.9 Å². The molecule has 0 unspecified atom stereocenters. The smallest absolute Gasteiger partial charge is 0.333 e. The highest BCUT2D eigenvalue weighted by Crippen LogP contribution is 2.16. The number of carbonyl (C=O) groups is 1. The third-order valence-corrected chi connectivity index (χ3v) is 3.45. The molecule has 3 heteroatoms. The van der Waals surface area contributed by atoms with Crippen LogP contribution in [0.1, 0.15) is 18.1 Å². The van der Waals surface area contributed by atoms with Crippen molar-refractivity contribution in [2.75, 3.05) is 12.9 Å². The van der Waals surface area contributed by atoms with Crippen molar-refractivity contribution in [3.05, 3.63) is 47.0 Å². The van der Waals surface area contributed by atoms with E-state index in [1.165, 1.54) is 18.2 Å². The predicted octanol–water partition coefficient (Wildman–Crippen LogP) is 3.35. The molecule has 0 fully saturated rings. The topological polar surface area (TPSA) is 26.3 Å². The second-order valence-electron chi connectivity index (χ2n) is 3.82. The first-order valence-electron chi connectivity index (χ1n) is 5.52. The van der Waals surface area contributed by atoms with Crippen LogP contribution >= 0.6 is 11.8 Å². The van der Waals surface area contributed by atoms with Crippen LogP contribution in [-0.2, 0) is 15.3 Å². The zero-order valence-electron chi connectivity index (χ0n) is 10.5. The first-order valence-corrected chi connectivity index (χ1v) is 6.68. The monoisotopic (exact) mass is 250 g/mol. The minimum atomic E-state index is -0.249. The highest BCUT2D eigenvalue weighted by molar-refractivity contribution is 7.98. The average Bonchev–Trinajstić information content (AvgIpc) is 2.35. The minimum absolute atomic E-state index is 0.249.